The number of hydrogen-bond donors (Lipinski definition) is 1. The summed E-state index contributed by atoms with van der Waals surface area (Å²) in [6, 6.07) is 14.0. The Bertz CT molecular complexity index is 969. The Labute approximate surface area is 165 Å². The lowest BCUT2D eigenvalue weighted by atomic mass is 10.1. The summed E-state index contributed by atoms with van der Waals surface area (Å²) in [5, 5.41) is 1.83. The van der Waals surface area contributed by atoms with E-state index in [2.05, 4.69) is 11.6 Å². The van der Waals surface area contributed by atoms with Crippen molar-refractivity contribution in [3.8, 4) is 0 Å². The fourth-order valence-electron chi connectivity index (χ4n) is 2.94. The van der Waals surface area contributed by atoms with Gasteiger partial charge in [0.2, 0.25) is 0 Å². The number of halogens is 3. The first-order valence-corrected chi connectivity index (χ1v) is 8.73. The van der Waals surface area contributed by atoms with Crippen molar-refractivity contribution in [2.75, 3.05) is 6.54 Å². The molecule has 3 rings (SSSR count). The monoisotopic (exact) mass is 401 g/mol. The van der Waals surface area contributed by atoms with Crippen molar-refractivity contribution in [2.24, 2.45) is 4.99 Å². The average Bonchev–Trinajstić information content (AvgIpc) is 2.96. The minimum atomic E-state index is -5.15. The second-order valence-corrected chi connectivity index (χ2v) is 6.53. The van der Waals surface area contributed by atoms with Gasteiger partial charge in [-0.2, -0.15) is 13.2 Å². The van der Waals surface area contributed by atoms with Gasteiger partial charge in [0.25, 0.3) is 11.8 Å². The van der Waals surface area contributed by atoms with E-state index in [1.165, 1.54) is 30.3 Å². The van der Waals surface area contributed by atoms with E-state index in [-0.39, 0.29) is 17.9 Å². The van der Waals surface area contributed by atoms with E-state index in [1.807, 2.05) is 5.32 Å². The molecule has 0 saturated heterocycles. The van der Waals surface area contributed by atoms with Crippen LogP contribution in [-0.2, 0) is 4.79 Å². The Morgan fingerprint density at radius 3 is 2.34 bits per heavy atom. The molecule has 2 aromatic carbocycles. The molecule has 5 nitrogen and oxygen atoms in total. The largest absolute Gasteiger partial charge is 0.442 e. The topological polar surface area (TPSA) is 61.8 Å². The summed E-state index contributed by atoms with van der Waals surface area (Å²) < 4.78 is 42.3. The van der Waals surface area contributed by atoms with Gasteiger partial charge < -0.3 is 5.32 Å². The molecule has 1 unspecified atom stereocenters. The molecule has 1 heterocycles. The zero-order valence-corrected chi connectivity index (χ0v) is 15.5. The maximum atomic E-state index is 14.1. The molecule has 0 spiro atoms. The van der Waals surface area contributed by atoms with E-state index in [1.54, 1.807) is 37.3 Å². The molecule has 1 aliphatic rings. The molecule has 2 amide bonds. The number of carbonyl (C=O) groups is 2. The Morgan fingerprint density at radius 1 is 1.17 bits per heavy atom. The second kappa shape index (κ2) is 7.54. The van der Waals surface area contributed by atoms with Crippen molar-refractivity contribution in [1.82, 2.24) is 10.2 Å². The molecule has 0 aliphatic carbocycles. The molecule has 0 aromatic heterocycles. The summed E-state index contributed by atoms with van der Waals surface area (Å²) in [5.41, 5.74) is -2.27. The minimum absolute atomic E-state index is 0.00865. The summed E-state index contributed by atoms with van der Waals surface area (Å²) in [6.45, 7) is 5.09. The van der Waals surface area contributed by atoms with E-state index in [4.69, 9.17) is 0 Å². The van der Waals surface area contributed by atoms with Crippen LogP contribution in [0.25, 0.3) is 0 Å². The predicted octanol–water partition coefficient (Wildman–Crippen LogP) is 3.46. The van der Waals surface area contributed by atoms with Crippen molar-refractivity contribution >= 4 is 17.6 Å². The highest BCUT2D eigenvalue weighted by molar-refractivity contribution is 6.16. The molecule has 29 heavy (non-hydrogen) atoms. The van der Waals surface area contributed by atoms with Crippen LogP contribution >= 0.6 is 0 Å². The van der Waals surface area contributed by atoms with Gasteiger partial charge in [-0.05, 0) is 19.1 Å². The summed E-state index contributed by atoms with van der Waals surface area (Å²) >= 11 is 0. The molecule has 1 atom stereocenters. The van der Waals surface area contributed by atoms with Gasteiger partial charge in [0.1, 0.15) is 5.84 Å². The smallest absolute Gasteiger partial charge is 0.312 e. The summed E-state index contributed by atoms with van der Waals surface area (Å²) in [6.07, 6.45) is -3.86. The summed E-state index contributed by atoms with van der Waals surface area (Å²) in [4.78, 5) is 30.0. The fourth-order valence-corrected chi connectivity index (χ4v) is 2.94. The van der Waals surface area contributed by atoms with Crippen LogP contribution in [0, 0.1) is 6.92 Å². The number of amidine groups is 1. The lowest BCUT2D eigenvalue weighted by Crippen LogP contribution is -2.63. The van der Waals surface area contributed by atoms with Gasteiger partial charge in [-0.15, -0.1) is 6.58 Å². The number of aryl methyl sites for hydroxylation is 1. The van der Waals surface area contributed by atoms with E-state index in [0.717, 1.165) is 10.5 Å². The molecule has 2 aromatic rings. The molecular weight excluding hydrogens is 383 g/mol. The first kappa shape index (κ1) is 20.3. The maximum Gasteiger partial charge on any atom is 0.442 e. The van der Waals surface area contributed by atoms with Crippen molar-refractivity contribution in [3.05, 3.63) is 83.9 Å². The molecule has 8 heteroatoms. The highest BCUT2D eigenvalue weighted by Crippen LogP contribution is 2.38. The number of carbonyl (C=O) groups excluding carboxylic acids is 2. The lowest BCUT2D eigenvalue weighted by molar-refractivity contribution is -0.196. The molecule has 0 bridgehead atoms. The summed E-state index contributed by atoms with van der Waals surface area (Å²) in [5.74, 6) is -2.62. The molecule has 0 radical (unpaired) electrons. The van der Waals surface area contributed by atoms with Crippen molar-refractivity contribution in [2.45, 2.75) is 18.8 Å². The Kier molecular flexibility index (Phi) is 5.28. The minimum Gasteiger partial charge on any atom is -0.312 e. The molecule has 0 fully saturated rings. The molecule has 1 aliphatic heterocycles. The van der Waals surface area contributed by atoms with E-state index in [0.29, 0.717) is 5.56 Å². The van der Waals surface area contributed by atoms with E-state index >= 15 is 0 Å². The highest BCUT2D eigenvalue weighted by atomic mass is 19.4. The first-order valence-electron chi connectivity index (χ1n) is 8.73. The number of hydrogen-bond acceptors (Lipinski definition) is 3. The number of aliphatic imine (C=N–C) groups is 1. The third-order valence-corrected chi connectivity index (χ3v) is 4.45. The Balaban J connectivity index is 2.09. The lowest BCUT2D eigenvalue weighted by Gasteiger charge is -2.28. The van der Waals surface area contributed by atoms with Gasteiger partial charge in [-0.1, -0.05) is 54.1 Å². The van der Waals surface area contributed by atoms with Crippen LogP contribution in [0.2, 0.25) is 0 Å². The first-order chi connectivity index (χ1) is 13.7. The third-order valence-electron chi connectivity index (χ3n) is 4.45. The van der Waals surface area contributed by atoms with Crippen LogP contribution < -0.4 is 5.32 Å². The number of benzene rings is 2. The van der Waals surface area contributed by atoms with Gasteiger partial charge in [-0.3, -0.25) is 14.5 Å². The zero-order chi connectivity index (χ0) is 21.2. The van der Waals surface area contributed by atoms with E-state index < -0.39 is 23.7 Å². The number of nitrogens with zero attached hydrogens (tertiary/aromatic N) is 2. The number of rotatable bonds is 5. The number of nitrogens with one attached hydrogen (secondary N) is 1. The van der Waals surface area contributed by atoms with Crippen LogP contribution in [0.1, 0.15) is 21.5 Å². The van der Waals surface area contributed by atoms with E-state index in [9.17, 15) is 22.8 Å². The number of alkyl halides is 3. The quantitative estimate of drug-likeness (QED) is 0.780. The molecule has 1 N–H and O–H groups in total. The van der Waals surface area contributed by atoms with Crippen LogP contribution in [0.3, 0.4) is 0 Å². The van der Waals surface area contributed by atoms with Gasteiger partial charge in [0.05, 0.1) is 0 Å². The fraction of sp³-hybridized carbons (Fsp3) is 0.190. The molecule has 0 saturated carbocycles. The Morgan fingerprint density at radius 2 is 1.79 bits per heavy atom. The van der Waals surface area contributed by atoms with Crippen LogP contribution in [0.15, 0.2) is 72.2 Å². The number of amides is 2. The van der Waals surface area contributed by atoms with Gasteiger partial charge in [0, 0.05) is 17.7 Å². The standard InChI is InChI=1S/C21H18F3N3O2/c1-3-13-27-17(15-7-5-4-6-8-15)25-20(19(27)29,21(22,23)24)26-18(28)16-11-9-14(2)10-12-16/h3-12H,1,13H2,2H3,(H,26,28). The predicted molar refractivity (Wildman–Crippen MR) is 102 cm³/mol. The van der Waals surface area contributed by atoms with Gasteiger partial charge in [0.15, 0.2) is 0 Å². The van der Waals surface area contributed by atoms with Gasteiger partial charge in [-0.25, -0.2) is 4.99 Å². The van der Waals surface area contributed by atoms with Crippen LogP contribution in [-0.4, -0.2) is 40.9 Å². The van der Waals surface area contributed by atoms with Crippen molar-refractivity contribution in [1.29, 1.82) is 0 Å². The molecular formula is C21H18F3N3O2. The molecule has 150 valence electrons. The normalized spacial score (nSPS) is 19.1. The maximum absolute atomic E-state index is 14.1. The SMILES string of the molecule is C=CCN1C(=O)C(NC(=O)c2ccc(C)cc2)(C(F)(F)F)N=C1c1ccccc1. The zero-order valence-electron chi connectivity index (χ0n) is 15.5. The summed E-state index contributed by atoms with van der Waals surface area (Å²) in [7, 11) is 0. The Hall–Kier alpha value is -3.42. The van der Waals surface area contributed by atoms with Crippen molar-refractivity contribution < 1.29 is 22.8 Å². The van der Waals surface area contributed by atoms with Crippen LogP contribution in [0.4, 0.5) is 13.2 Å². The van der Waals surface area contributed by atoms with Crippen LogP contribution in [0.5, 0.6) is 0 Å². The average molecular weight is 401 g/mol. The van der Waals surface area contributed by atoms with Gasteiger partial charge >= 0.3 is 11.8 Å². The third kappa shape index (κ3) is 3.65. The van der Waals surface area contributed by atoms with Crippen molar-refractivity contribution in [3.63, 3.8) is 0 Å². The highest BCUT2D eigenvalue weighted by Gasteiger charge is 2.67. The second-order valence-electron chi connectivity index (χ2n) is 6.53.